The van der Waals surface area contributed by atoms with Gasteiger partial charge in [-0.1, -0.05) is 0 Å². The van der Waals surface area contributed by atoms with Gasteiger partial charge in [-0.15, -0.1) is 0 Å². The van der Waals surface area contributed by atoms with E-state index in [0.29, 0.717) is 18.8 Å². The minimum absolute atomic E-state index is 0.0614. The van der Waals surface area contributed by atoms with Crippen molar-refractivity contribution in [3.05, 3.63) is 18.2 Å². The van der Waals surface area contributed by atoms with Gasteiger partial charge in [-0.25, -0.2) is 4.98 Å². The lowest BCUT2D eigenvalue weighted by molar-refractivity contribution is -0.148. The number of aromatic nitrogens is 2. The van der Waals surface area contributed by atoms with Gasteiger partial charge in [0.25, 0.3) is 0 Å². The summed E-state index contributed by atoms with van der Waals surface area (Å²) in [4.78, 5) is 5.57. The van der Waals surface area contributed by atoms with Crippen LogP contribution in [0.1, 0.15) is 18.5 Å². The first-order chi connectivity index (χ1) is 8.48. The molecule has 1 aromatic heterocycles. The van der Waals surface area contributed by atoms with Gasteiger partial charge in [0.1, 0.15) is 0 Å². The molecule has 4 nitrogen and oxygen atoms in total. The van der Waals surface area contributed by atoms with Crippen LogP contribution in [-0.4, -0.2) is 39.8 Å². The van der Waals surface area contributed by atoms with Crippen molar-refractivity contribution in [1.82, 2.24) is 14.5 Å². The monoisotopic (exact) mass is 262 g/mol. The predicted octanol–water partition coefficient (Wildman–Crippen LogP) is 1.37. The van der Waals surface area contributed by atoms with Crippen molar-refractivity contribution in [3.63, 3.8) is 0 Å². The fourth-order valence-corrected chi connectivity index (χ4v) is 1.95. The first-order valence-corrected chi connectivity index (χ1v) is 5.99. The zero-order valence-electron chi connectivity index (χ0n) is 10.0. The molecule has 1 aliphatic carbocycles. The summed E-state index contributed by atoms with van der Waals surface area (Å²) in [5.74, 6) is 0. The van der Waals surface area contributed by atoms with Crippen LogP contribution >= 0.6 is 0 Å². The largest absolute Gasteiger partial charge is 0.401 e. The van der Waals surface area contributed by atoms with Crippen LogP contribution in [0.2, 0.25) is 0 Å². The summed E-state index contributed by atoms with van der Waals surface area (Å²) in [6.45, 7) is 0.517. The number of nitrogens with two attached hydrogens (primary N) is 1. The lowest BCUT2D eigenvalue weighted by Crippen LogP contribution is -2.35. The molecule has 0 unspecified atom stereocenters. The van der Waals surface area contributed by atoms with Gasteiger partial charge in [0.2, 0.25) is 0 Å². The summed E-state index contributed by atoms with van der Waals surface area (Å²) in [5.41, 5.74) is 6.07. The summed E-state index contributed by atoms with van der Waals surface area (Å²) in [6.07, 6.45) is 0.918. The quantitative estimate of drug-likeness (QED) is 0.842. The maximum Gasteiger partial charge on any atom is 0.401 e. The van der Waals surface area contributed by atoms with Crippen molar-refractivity contribution in [2.75, 3.05) is 13.1 Å². The minimum atomic E-state index is -4.15. The minimum Gasteiger partial charge on any atom is -0.336 e. The second kappa shape index (κ2) is 5.27. The summed E-state index contributed by atoms with van der Waals surface area (Å²) < 4.78 is 39.1. The molecule has 18 heavy (non-hydrogen) atoms. The van der Waals surface area contributed by atoms with Gasteiger partial charge in [0.15, 0.2) is 0 Å². The average molecular weight is 262 g/mol. The molecule has 0 saturated heterocycles. The molecule has 102 valence electrons. The number of halogens is 3. The third-order valence-corrected chi connectivity index (χ3v) is 2.88. The number of imidazole rings is 1. The lowest BCUT2D eigenvalue weighted by atomic mass is 10.3. The molecular weight excluding hydrogens is 245 g/mol. The molecule has 1 saturated carbocycles. The molecule has 0 spiro atoms. The number of hydrogen-bond acceptors (Lipinski definition) is 3. The Morgan fingerprint density at radius 1 is 1.44 bits per heavy atom. The van der Waals surface area contributed by atoms with Crippen molar-refractivity contribution in [1.29, 1.82) is 0 Å². The van der Waals surface area contributed by atoms with Crippen LogP contribution in [0, 0.1) is 0 Å². The highest BCUT2D eigenvalue weighted by molar-refractivity contribution is 4.99. The van der Waals surface area contributed by atoms with E-state index in [2.05, 4.69) is 4.98 Å². The molecule has 2 N–H and O–H groups in total. The fraction of sp³-hybridized carbons (Fsp3) is 0.727. The number of rotatable bonds is 6. The molecule has 1 fully saturated rings. The van der Waals surface area contributed by atoms with E-state index in [1.165, 1.54) is 4.90 Å². The Balaban J connectivity index is 1.95. The second-order valence-electron chi connectivity index (χ2n) is 4.64. The Morgan fingerprint density at radius 2 is 2.17 bits per heavy atom. The van der Waals surface area contributed by atoms with E-state index in [1.807, 2.05) is 0 Å². The van der Waals surface area contributed by atoms with Crippen LogP contribution in [0.4, 0.5) is 13.2 Å². The Morgan fingerprint density at radius 3 is 2.72 bits per heavy atom. The fourth-order valence-electron chi connectivity index (χ4n) is 1.95. The molecule has 0 atom stereocenters. The van der Waals surface area contributed by atoms with E-state index in [9.17, 15) is 13.2 Å². The van der Waals surface area contributed by atoms with Gasteiger partial charge in [0, 0.05) is 31.9 Å². The van der Waals surface area contributed by atoms with E-state index in [1.54, 1.807) is 17.1 Å². The highest BCUT2D eigenvalue weighted by Crippen LogP contribution is 2.31. The van der Waals surface area contributed by atoms with Crippen molar-refractivity contribution >= 4 is 0 Å². The summed E-state index contributed by atoms with van der Waals surface area (Å²) in [7, 11) is 0. The Kier molecular flexibility index (Phi) is 3.91. The maximum absolute atomic E-state index is 12.4. The van der Waals surface area contributed by atoms with Gasteiger partial charge >= 0.3 is 6.18 Å². The van der Waals surface area contributed by atoms with Crippen molar-refractivity contribution < 1.29 is 13.2 Å². The van der Waals surface area contributed by atoms with Gasteiger partial charge in [-0.2, -0.15) is 13.2 Å². The number of hydrogen-bond donors (Lipinski definition) is 1. The van der Waals surface area contributed by atoms with Gasteiger partial charge in [-0.3, -0.25) is 4.90 Å². The summed E-state index contributed by atoms with van der Waals surface area (Å²) in [6, 6.07) is 0.0614. The Hall–Kier alpha value is -1.08. The normalized spacial score (nSPS) is 16.5. The Labute approximate surface area is 104 Å². The van der Waals surface area contributed by atoms with Crippen LogP contribution < -0.4 is 5.73 Å². The molecule has 1 heterocycles. The summed E-state index contributed by atoms with van der Waals surface area (Å²) in [5, 5.41) is 0. The highest BCUT2D eigenvalue weighted by Gasteiger charge is 2.38. The second-order valence-corrected chi connectivity index (χ2v) is 4.64. The molecular formula is C11H17F3N4. The molecule has 0 radical (unpaired) electrons. The van der Waals surface area contributed by atoms with Crippen molar-refractivity contribution in [2.45, 2.75) is 38.1 Å². The van der Waals surface area contributed by atoms with Crippen molar-refractivity contribution in [2.24, 2.45) is 5.73 Å². The molecule has 0 aliphatic heterocycles. The van der Waals surface area contributed by atoms with E-state index >= 15 is 0 Å². The first kappa shape index (κ1) is 13.4. The first-order valence-electron chi connectivity index (χ1n) is 5.99. The molecule has 0 aromatic carbocycles. The molecule has 1 aromatic rings. The molecule has 1 aliphatic rings. The van der Waals surface area contributed by atoms with E-state index < -0.39 is 12.7 Å². The van der Waals surface area contributed by atoms with Crippen molar-refractivity contribution in [3.8, 4) is 0 Å². The molecule has 7 heteroatoms. The van der Waals surface area contributed by atoms with E-state index in [0.717, 1.165) is 12.8 Å². The summed E-state index contributed by atoms with van der Waals surface area (Å²) >= 11 is 0. The smallest absolute Gasteiger partial charge is 0.336 e. The van der Waals surface area contributed by atoms with E-state index in [4.69, 9.17) is 5.73 Å². The number of nitrogens with zero attached hydrogens (tertiary/aromatic N) is 3. The average Bonchev–Trinajstić information content (AvgIpc) is 3.00. The van der Waals surface area contributed by atoms with E-state index in [-0.39, 0.29) is 12.6 Å². The van der Waals surface area contributed by atoms with Gasteiger partial charge in [0.05, 0.1) is 18.6 Å². The SMILES string of the molecule is NCCn1cnc(CN(CC(F)(F)F)C2CC2)c1. The maximum atomic E-state index is 12.4. The standard InChI is InChI=1S/C11H17F3N4/c12-11(13,14)7-18(10-1-2-10)6-9-5-17(4-3-15)8-16-9/h5,8,10H,1-4,6-7,15H2. The molecule has 2 rings (SSSR count). The van der Waals surface area contributed by atoms with Gasteiger partial charge in [-0.05, 0) is 12.8 Å². The third kappa shape index (κ3) is 3.99. The zero-order valence-corrected chi connectivity index (χ0v) is 10.0. The topological polar surface area (TPSA) is 47.1 Å². The molecule has 0 bridgehead atoms. The number of alkyl halides is 3. The van der Waals surface area contributed by atoms with Gasteiger partial charge < -0.3 is 10.3 Å². The predicted molar refractivity (Wildman–Crippen MR) is 60.8 cm³/mol. The van der Waals surface area contributed by atoms with Crippen LogP contribution in [-0.2, 0) is 13.1 Å². The van der Waals surface area contributed by atoms with Crippen LogP contribution in [0.5, 0.6) is 0 Å². The third-order valence-electron chi connectivity index (χ3n) is 2.88. The van der Waals surface area contributed by atoms with Crippen LogP contribution in [0.25, 0.3) is 0 Å². The van der Waals surface area contributed by atoms with Crippen LogP contribution in [0.3, 0.4) is 0 Å². The Bertz CT molecular complexity index is 384. The van der Waals surface area contributed by atoms with Crippen LogP contribution in [0.15, 0.2) is 12.5 Å². The lowest BCUT2D eigenvalue weighted by Gasteiger charge is -2.22. The highest BCUT2D eigenvalue weighted by atomic mass is 19.4. The zero-order chi connectivity index (χ0) is 13.2. The molecule has 0 amide bonds.